The Morgan fingerprint density at radius 3 is 2.28 bits per heavy atom. The minimum atomic E-state index is -1.26. The number of amides is 3. The number of carboxylic acids is 1. The van der Waals surface area contributed by atoms with Crippen molar-refractivity contribution in [1.82, 2.24) is 10.6 Å². The maximum absolute atomic E-state index is 11.3. The number of rotatable bonds is 8. The molecule has 0 bridgehead atoms. The summed E-state index contributed by atoms with van der Waals surface area (Å²) in [5, 5.41) is 13.3. The lowest BCUT2D eigenvalue weighted by atomic mass is 10.1. The Morgan fingerprint density at radius 2 is 1.83 bits per heavy atom. The predicted octanol–water partition coefficient (Wildman–Crippen LogP) is -1.65. The van der Waals surface area contributed by atoms with E-state index in [-0.39, 0.29) is 31.7 Å². The van der Waals surface area contributed by atoms with E-state index in [1.807, 2.05) is 0 Å². The first-order valence-electron chi connectivity index (χ1n) is 5.44. The monoisotopic (exact) mass is 259 g/mol. The number of carbonyl (C=O) groups is 4. The van der Waals surface area contributed by atoms with Crippen LogP contribution in [-0.2, 0) is 19.2 Å². The number of nitrogens with two attached hydrogens (primary N) is 1. The van der Waals surface area contributed by atoms with E-state index >= 15 is 0 Å². The van der Waals surface area contributed by atoms with Crippen LogP contribution in [0.1, 0.15) is 26.2 Å². The second-order valence-corrected chi connectivity index (χ2v) is 3.59. The lowest BCUT2D eigenvalue weighted by Gasteiger charge is -2.13. The van der Waals surface area contributed by atoms with Crippen molar-refractivity contribution in [2.24, 2.45) is 5.73 Å². The number of primary amides is 1. The highest BCUT2D eigenvalue weighted by Crippen LogP contribution is 1.97. The normalized spacial score (nSPS) is 11.4. The topological polar surface area (TPSA) is 139 Å². The number of nitrogens with one attached hydrogen (secondary N) is 2. The van der Waals surface area contributed by atoms with E-state index in [1.165, 1.54) is 0 Å². The van der Waals surface area contributed by atoms with Crippen molar-refractivity contribution < 1.29 is 24.3 Å². The third-order valence-electron chi connectivity index (χ3n) is 2.08. The molecular weight excluding hydrogens is 242 g/mol. The number of hydrogen-bond acceptors (Lipinski definition) is 4. The molecule has 0 aliphatic heterocycles. The molecule has 0 aromatic carbocycles. The number of carboxylic acid groups (broad SMARTS) is 1. The van der Waals surface area contributed by atoms with Crippen LogP contribution in [0.3, 0.4) is 0 Å². The molecule has 1 atom stereocenters. The summed E-state index contributed by atoms with van der Waals surface area (Å²) in [5.41, 5.74) is 4.89. The Labute approximate surface area is 104 Å². The van der Waals surface area contributed by atoms with Crippen LogP contribution in [0.15, 0.2) is 0 Å². The van der Waals surface area contributed by atoms with Gasteiger partial charge in [0.15, 0.2) is 0 Å². The molecule has 0 fully saturated rings. The van der Waals surface area contributed by atoms with Gasteiger partial charge in [0.2, 0.25) is 17.7 Å². The van der Waals surface area contributed by atoms with E-state index < -0.39 is 23.8 Å². The first-order chi connectivity index (χ1) is 8.36. The van der Waals surface area contributed by atoms with Crippen molar-refractivity contribution in [2.45, 2.75) is 32.2 Å². The lowest BCUT2D eigenvalue weighted by molar-refractivity contribution is -0.142. The summed E-state index contributed by atoms with van der Waals surface area (Å²) >= 11 is 0. The van der Waals surface area contributed by atoms with Crippen LogP contribution >= 0.6 is 0 Å². The Bertz CT molecular complexity index is 342. The average molecular weight is 259 g/mol. The highest BCUT2D eigenvalue weighted by molar-refractivity contribution is 5.88. The van der Waals surface area contributed by atoms with Gasteiger partial charge in [0, 0.05) is 12.8 Å². The minimum absolute atomic E-state index is 0.0852. The van der Waals surface area contributed by atoms with Crippen molar-refractivity contribution in [1.29, 1.82) is 0 Å². The van der Waals surface area contributed by atoms with Crippen molar-refractivity contribution in [2.75, 3.05) is 6.54 Å². The molecule has 0 aliphatic carbocycles. The van der Waals surface area contributed by atoms with Crippen LogP contribution in [0.2, 0.25) is 0 Å². The molecule has 3 amide bonds. The molecule has 5 N–H and O–H groups in total. The van der Waals surface area contributed by atoms with Crippen LogP contribution in [0.5, 0.6) is 0 Å². The Balaban J connectivity index is 4.15. The molecule has 0 unspecified atom stereocenters. The van der Waals surface area contributed by atoms with Gasteiger partial charge in [0.1, 0.15) is 6.04 Å². The van der Waals surface area contributed by atoms with E-state index in [0.717, 1.165) is 0 Å². The van der Waals surface area contributed by atoms with Crippen LogP contribution < -0.4 is 16.4 Å². The number of hydrogen-bond donors (Lipinski definition) is 4. The van der Waals surface area contributed by atoms with Gasteiger partial charge in [-0.25, -0.2) is 4.79 Å². The fourth-order valence-electron chi connectivity index (χ4n) is 1.09. The maximum Gasteiger partial charge on any atom is 0.326 e. The van der Waals surface area contributed by atoms with Gasteiger partial charge in [-0.15, -0.1) is 0 Å². The molecule has 18 heavy (non-hydrogen) atoms. The molecule has 0 aromatic heterocycles. The molecule has 102 valence electrons. The van der Waals surface area contributed by atoms with E-state index in [4.69, 9.17) is 10.8 Å². The van der Waals surface area contributed by atoms with Gasteiger partial charge in [-0.05, 0) is 6.42 Å². The first kappa shape index (κ1) is 15.9. The van der Waals surface area contributed by atoms with Gasteiger partial charge < -0.3 is 21.5 Å². The highest BCUT2D eigenvalue weighted by atomic mass is 16.4. The van der Waals surface area contributed by atoms with Crippen molar-refractivity contribution in [3.63, 3.8) is 0 Å². The van der Waals surface area contributed by atoms with E-state index in [0.29, 0.717) is 0 Å². The Hall–Kier alpha value is -2.12. The molecule has 0 aliphatic rings. The molecule has 0 radical (unpaired) electrons. The summed E-state index contributed by atoms with van der Waals surface area (Å²) in [6.45, 7) is 1.33. The fraction of sp³-hybridized carbons (Fsp3) is 0.600. The Morgan fingerprint density at radius 1 is 1.22 bits per heavy atom. The molecule has 0 saturated heterocycles. The quantitative estimate of drug-likeness (QED) is 0.413. The van der Waals surface area contributed by atoms with Crippen LogP contribution in [0.25, 0.3) is 0 Å². The van der Waals surface area contributed by atoms with Crippen molar-refractivity contribution in [3.05, 3.63) is 0 Å². The average Bonchev–Trinajstić information content (AvgIpc) is 2.30. The molecule has 8 heteroatoms. The lowest BCUT2D eigenvalue weighted by Crippen LogP contribution is -2.45. The summed E-state index contributed by atoms with van der Waals surface area (Å²) in [6.07, 6.45) is 0.00795. The molecule has 0 spiro atoms. The zero-order chi connectivity index (χ0) is 14.1. The molecule has 0 saturated carbocycles. The first-order valence-corrected chi connectivity index (χ1v) is 5.44. The second kappa shape index (κ2) is 8.04. The zero-order valence-electron chi connectivity index (χ0n) is 10.1. The highest BCUT2D eigenvalue weighted by Gasteiger charge is 2.20. The predicted molar refractivity (Wildman–Crippen MR) is 61.3 cm³/mol. The summed E-state index contributed by atoms with van der Waals surface area (Å²) in [7, 11) is 0. The van der Waals surface area contributed by atoms with Gasteiger partial charge in [-0.1, -0.05) is 6.92 Å². The molecular formula is C10H17N3O5. The van der Waals surface area contributed by atoms with E-state index in [9.17, 15) is 19.2 Å². The largest absolute Gasteiger partial charge is 0.480 e. The molecule has 8 nitrogen and oxygen atoms in total. The summed E-state index contributed by atoms with van der Waals surface area (Å²) < 4.78 is 0. The van der Waals surface area contributed by atoms with E-state index in [2.05, 4.69) is 10.6 Å². The number of carbonyl (C=O) groups excluding carboxylic acids is 3. The smallest absolute Gasteiger partial charge is 0.326 e. The minimum Gasteiger partial charge on any atom is -0.480 e. The van der Waals surface area contributed by atoms with Crippen molar-refractivity contribution >= 4 is 23.7 Å². The standard InChI is InChI=1S/C10H17N3O5/c1-2-8(15)12-5-9(16)13-6(10(17)18)3-4-7(11)14/h6H,2-5H2,1H3,(H2,11,14)(H,12,15)(H,13,16)(H,17,18)/t6-/m0/s1. The number of aliphatic carboxylic acids is 1. The second-order valence-electron chi connectivity index (χ2n) is 3.59. The van der Waals surface area contributed by atoms with Crippen LogP contribution in [-0.4, -0.2) is 41.4 Å². The van der Waals surface area contributed by atoms with Gasteiger partial charge in [-0.3, -0.25) is 14.4 Å². The van der Waals surface area contributed by atoms with Crippen LogP contribution in [0, 0.1) is 0 Å². The van der Waals surface area contributed by atoms with Crippen molar-refractivity contribution in [3.8, 4) is 0 Å². The summed E-state index contributed by atoms with van der Waals surface area (Å²) in [4.78, 5) is 43.5. The fourth-order valence-corrected chi connectivity index (χ4v) is 1.09. The zero-order valence-corrected chi connectivity index (χ0v) is 10.1. The van der Waals surface area contributed by atoms with Gasteiger partial charge in [0.25, 0.3) is 0 Å². The molecule has 0 aromatic rings. The third-order valence-corrected chi connectivity index (χ3v) is 2.08. The molecule has 0 heterocycles. The van der Waals surface area contributed by atoms with Gasteiger partial charge >= 0.3 is 5.97 Å². The third kappa shape index (κ3) is 7.20. The summed E-state index contributed by atoms with van der Waals surface area (Å²) in [6, 6.07) is -1.19. The summed E-state index contributed by atoms with van der Waals surface area (Å²) in [5.74, 6) is -2.84. The molecule has 0 rings (SSSR count). The van der Waals surface area contributed by atoms with Gasteiger partial charge in [0.05, 0.1) is 6.54 Å². The Kier molecular flexibility index (Phi) is 7.10. The van der Waals surface area contributed by atoms with Gasteiger partial charge in [-0.2, -0.15) is 0 Å². The van der Waals surface area contributed by atoms with Crippen LogP contribution in [0.4, 0.5) is 0 Å². The van der Waals surface area contributed by atoms with E-state index in [1.54, 1.807) is 6.92 Å². The SMILES string of the molecule is CCC(=O)NCC(=O)N[C@@H](CCC(N)=O)C(=O)O. The maximum atomic E-state index is 11.3.